The van der Waals surface area contributed by atoms with Crippen molar-refractivity contribution in [1.82, 2.24) is 4.90 Å². The van der Waals surface area contributed by atoms with Crippen LogP contribution >= 0.6 is 11.8 Å². The maximum atomic E-state index is 12.0. The summed E-state index contributed by atoms with van der Waals surface area (Å²) in [7, 11) is 0. The third kappa shape index (κ3) is 5.75. The predicted molar refractivity (Wildman–Crippen MR) is 72.7 cm³/mol. The number of rotatable bonds is 8. The maximum Gasteiger partial charge on any atom is 0.239 e. The van der Waals surface area contributed by atoms with Gasteiger partial charge in [-0.1, -0.05) is 20.3 Å². The molecule has 96 valence electrons. The summed E-state index contributed by atoms with van der Waals surface area (Å²) in [5, 5.41) is 0. The fourth-order valence-corrected chi connectivity index (χ4v) is 1.97. The number of carbonyl (C=O) groups excluding carboxylic acids is 1. The Morgan fingerprint density at radius 2 is 2.06 bits per heavy atom. The largest absolute Gasteiger partial charge is 0.341 e. The molecule has 0 aromatic carbocycles. The molecular weight excluding hydrogens is 220 g/mol. The topological polar surface area (TPSA) is 46.3 Å². The van der Waals surface area contributed by atoms with Crippen LogP contribution in [0, 0.1) is 5.92 Å². The van der Waals surface area contributed by atoms with Crippen molar-refractivity contribution in [2.24, 2.45) is 11.7 Å². The van der Waals surface area contributed by atoms with E-state index < -0.39 is 0 Å². The summed E-state index contributed by atoms with van der Waals surface area (Å²) < 4.78 is 0. The summed E-state index contributed by atoms with van der Waals surface area (Å²) in [6.45, 7) is 7.93. The first-order chi connectivity index (χ1) is 7.56. The Bertz CT molecular complexity index is 199. The normalized spacial score (nSPS) is 14.6. The van der Waals surface area contributed by atoms with Crippen molar-refractivity contribution in [1.29, 1.82) is 0 Å². The number of thioether (sulfide) groups is 1. The van der Waals surface area contributed by atoms with Gasteiger partial charge in [-0.3, -0.25) is 4.79 Å². The van der Waals surface area contributed by atoms with Gasteiger partial charge >= 0.3 is 0 Å². The second-order valence-corrected chi connectivity index (χ2v) is 5.26. The molecule has 2 N–H and O–H groups in total. The molecule has 0 rings (SSSR count). The van der Waals surface area contributed by atoms with E-state index in [1.807, 2.05) is 18.1 Å². The first-order valence-electron chi connectivity index (χ1n) is 6.10. The summed E-state index contributed by atoms with van der Waals surface area (Å²) in [4.78, 5) is 13.9. The van der Waals surface area contributed by atoms with Crippen LogP contribution in [0.1, 0.15) is 33.6 Å². The molecule has 0 aliphatic carbocycles. The van der Waals surface area contributed by atoms with Crippen molar-refractivity contribution >= 4 is 17.7 Å². The maximum absolute atomic E-state index is 12.0. The van der Waals surface area contributed by atoms with Crippen LogP contribution in [-0.2, 0) is 4.79 Å². The van der Waals surface area contributed by atoms with Gasteiger partial charge in [0.05, 0.1) is 6.04 Å². The van der Waals surface area contributed by atoms with Crippen LogP contribution in [0.25, 0.3) is 0 Å². The zero-order chi connectivity index (χ0) is 12.6. The van der Waals surface area contributed by atoms with Gasteiger partial charge in [0.15, 0.2) is 0 Å². The lowest BCUT2D eigenvalue weighted by molar-refractivity contribution is -0.133. The minimum Gasteiger partial charge on any atom is -0.341 e. The van der Waals surface area contributed by atoms with Gasteiger partial charge in [0.1, 0.15) is 0 Å². The van der Waals surface area contributed by atoms with E-state index in [4.69, 9.17) is 5.73 Å². The fraction of sp³-hybridized carbons (Fsp3) is 0.917. The van der Waals surface area contributed by atoms with Crippen molar-refractivity contribution in [3.8, 4) is 0 Å². The molecule has 0 aromatic heterocycles. The molecule has 2 atom stereocenters. The smallest absolute Gasteiger partial charge is 0.239 e. The van der Waals surface area contributed by atoms with Gasteiger partial charge in [-0.25, -0.2) is 0 Å². The molecular formula is C12H26N2OS. The second-order valence-electron chi connectivity index (χ2n) is 4.28. The van der Waals surface area contributed by atoms with Crippen molar-refractivity contribution in [3.05, 3.63) is 0 Å². The highest BCUT2D eigenvalue weighted by atomic mass is 32.2. The SMILES string of the molecule is CCC(C)CN(CC)C(=O)[C@H](N)CCSC. The molecule has 4 heteroatoms. The van der Waals surface area contributed by atoms with Crippen LogP contribution in [0.15, 0.2) is 0 Å². The van der Waals surface area contributed by atoms with E-state index in [1.165, 1.54) is 0 Å². The van der Waals surface area contributed by atoms with E-state index in [9.17, 15) is 4.79 Å². The van der Waals surface area contributed by atoms with E-state index in [-0.39, 0.29) is 11.9 Å². The summed E-state index contributed by atoms with van der Waals surface area (Å²) in [5.41, 5.74) is 5.89. The van der Waals surface area contributed by atoms with Gasteiger partial charge in [0, 0.05) is 13.1 Å². The molecule has 0 aliphatic rings. The number of hydrogen-bond acceptors (Lipinski definition) is 3. The van der Waals surface area contributed by atoms with Gasteiger partial charge < -0.3 is 10.6 Å². The molecule has 1 amide bonds. The zero-order valence-corrected chi connectivity index (χ0v) is 11.8. The lowest BCUT2D eigenvalue weighted by Gasteiger charge is -2.26. The van der Waals surface area contributed by atoms with Gasteiger partial charge in [-0.2, -0.15) is 11.8 Å². The van der Waals surface area contributed by atoms with Gasteiger partial charge in [0.25, 0.3) is 0 Å². The molecule has 0 saturated carbocycles. The minimum atomic E-state index is -0.323. The third-order valence-corrected chi connectivity index (χ3v) is 3.52. The highest BCUT2D eigenvalue weighted by Crippen LogP contribution is 2.07. The van der Waals surface area contributed by atoms with Crippen molar-refractivity contribution in [2.75, 3.05) is 25.1 Å². The van der Waals surface area contributed by atoms with Crippen molar-refractivity contribution < 1.29 is 4.79 Å². The van der Waals surface area contributed by atoms with E-state index in [1.54, 1.807) is 11.8 Å². The highest BCUT2D eigenvalue weighted by molar-refractivity contribution is 7.98. The van der Waals surface area contributed by atoms with E-state index in [0.717, 1.165) is 31.7 Å². The van der Waals surface area contributed by atoms with Crippen molar-refractivity contribution in [3.63, 3.8) is 0 Å². The Balaban J connectivity index is 4.18. The van der Waals surface area contributed by atoms with Crippen LogP contribution in [0.2, 0.25) is 0 Å². The van der Waals surface area contributed by atoms with Gasteiger partial charge in [-0.05, 0) is 31.3 Å². The van der Waals surface area contributed by atoms with Crippen LogP contribution in [0.3, 0.4) is 0 Å². The predicted octanol–water partition coefficient (Wildman–Crippen LogP) is 1.96. The van der Waals surface area contributed by atoms with Crippen LogP contribution in [0.4, 0.5) is 0 Å². The van der Waals surface area contributed by atoms with E-state index in [2.05, 4.69) is 13.8 Å². The number of carbonyl (C=O) groups is 1. The lowest BCUT2D eigenvalue weighted by atomic mass is 10.1. The minimum absolute atomic E-state index is 0.108. The molecule has 16 heavy (non-hydrogen) atoms. The molecule has 0 heterocycles. The number of amides is 1. The summed E-state index contributed by atoms with van der Waals surface area (Å²) >= 11 is 1.73. The first kappa shape index (κ1) is 15.8. The molecule has 3 nitrogen and oxygen atoms in total. The number of nitrogens with two attached hydrogens (primary N) is 1. The molecule has 0 aliphatic heterocycles. The summed E-state index contributed by atoms with van der Waals surface area (Å²) in [6, 6.07) is -0.323. The Hall–Kier alpha value is -0.220. The van der Waals surface area contributed by atoms with E-state index >= 15 is 0 Å². The standard InChI is InChI=1S/C12H26N2OS/c1-5-10(3)9-14(6-2)12(15)11(13)7-8-16-4/h10-11H,5-9,13H2,1-4H3/t10?,11-/m1/s1. The van der Waals surface area contributed by atoms with Crippen LogP contribution < -0.4 is 5.73 Å². The Kier molecular flexibility index (Phi) is 8.76. The van der Waals surface area contributed by atoms with Gasteiger partial charge in [0.2, 0.25) is 5.91 Å². The molecule has 0 bridgehead atoms. The monoisotopic (exact) mass is 246 g/mol. The second kappa shape index (κ2) is 8.88. The fourth-order valence-electron chi connectivity index (χ4n) is 1.48. The number of hydrogen-bond donors (Lipinski definition) is 1. The molecule has 0 radical (unpaired) electrons. The average Bonchev–Trinajstić information content (AvgIpc) is 2.31. The molecule has 0 fully saturated rings. The lowest BCUT2D eigenvalue weighted by Crippen LogP contribution is -2.45. The number of nitrogens with zero attached hydrogens (tertiary/aromatic N) is 1. The molecule has 0 spiro atoms. The molecule has 0 aromatic rings. The molecule has 1 unspecified atom stereocenters. The Morgan fingerprint density at radius 1 is 1.44 bits per heavy atom. The Morgan fingerprint density at radius 3 is 2.50 bits per heavy atom. The third-order valence-electron chi connectivity index (χ3n) is 2.87. The first-order valence-corrected chi connectivity index (χ1v) is 7.49. The van der Waals surface area contributed by atoms with E-state index in [0.29, 0.717) is 5.92 Å². The Labute approximate surface area is 104 Å². The van der Waals surface area contributed by atoms with Crippen molar-refractivity contribution in [2.45, 2.75) is 39.7 Å². The van der Waals surface area contributed by atoms with Crippen LogP contribution in [0.5, 0.6) is 0 Å². The zero-order valence-electron chi connectivity index (χ0n) is 11.0. The summed E-state index contributed by atoms with van der Waals surface area (Å²) in [6.07, 6.45) is 3.91. The van der Waals surface area contributed by atoms with Gasteiger partial charge in [-0.15, -0.1) is 0 Å². The van der Waals surface area contributed by atoms with Crippen LogP contribution in [-0.4, -0.2) is 41.9 Å². The summed E-state index contributed by atoms with van der Waals surface area (Å²) in [5.74, 6) is 1.61. The average molecular weight is 246 g/mol. The molecule has 0 saturated heterocycles. The highest BCUT2D eigenvalue weighted by Gasteiger charge is 2.20. The quantitative estimate of drug-likeness (QED) is 0.712. The number of likely N-dealkylation sites (N-methyl/N-ethyl adjacent to an activating group) is 1.